The normalized spacial score (nSPS) is 11.5. The molecule has 0 heterocycles. The molecule has 1 aromatic carbocycles. The largest absolute Gasteiger partial charge is 0.320 e. The van der Waals surface area contributed by atoms with Gasteiger partial charge >= 0.3 is 0 Å². The number of benzene rings is 1. The van der Waals surface area contributed by atoms with Gasteiger partial charge in [0.2, 0.25) is 10.0 Å². The summed E-state index contributed by atoms with van der Waals surface area (Å²) < 4.78 is 26.0. The molecule has 0 spiro atoms. The second-order valence-electron chi connectivity index (χ2n) is 4.66. The van der Waals surface area contributed by atoms with Crippen LogP contribution in [-0.4, -0.2) is 58.4 Å². The Hall–Kier alpha value is -1.39. The highest BCUT2D eigenvalue weighted by Crippen LogP contribution is 2.14. The van der Waals surface area contributed by atoms with Crippen molar-refractivity contribution < 1.29 is 8.42 Å². The third-order valence-corrected chi connectivity index (χ3v) is 4.63. The van der Waals surface area contributed by atoms with Crippen LogP contribution in [0.5, 0.6) is 0 Å². The summed E-state index contributed by atoms with van der Waals surface area (Å²) in [5.74, 6) is 5.59. The second-order valence-corrected chi connectivity index (χ2v) is 6.71. The molecular weight excluding hydrogens is 274 g/mol. The minimum absolute atomic E-state index is 0.275. The summed E-state index contributed by atoms with van der Waals surface area (Å²) in [4.78, 5) is 2.22. The van der Waals surface area contributed by atoms with Crippen LogP contribution in [0.2, 0.25) is 0 Å². The van der Waals surface area contributed by atoms with Gasteiger partial charge in [0, 0.05) is 25.7 Å². The molecule has 20 heavy (non-hydrogen) atoms. The van der Waals surface area contributed by atoms with Crippen molar-refractivity contribution in [2.45, 2.75) is 4.90 Å². The SMILES string of the molecule is CN(C)CCN(C)S(=O)(=O)c1ccc(C#CCN)cc1. The highest BCUT2D eigenvalue weighted by atomic mass is 32.2. The molecule has 0 saturated carbocycles. The van der Waals surface area contributed by atoms with Gasteiger partial charge in [0.15, 0.2) is 0 Å². The van der Waals surface area contributed by atoms with Gasteiger partial charge in [-0.2, -0.15) is 4.31 Å². The minimum atomic E-state index is -3.44. The topological polar surface area (TPSA) is 66.6 Å². The van der Waals surface area contributed by atoms with Crippen molar-refractivity contribution in [3.63, 3.8) is 0 Å². The predicted octanol–water partition coefficient (Wildman–Crippen LogP) is 0.179. The summed E-state index contributed by atoms with van der Waals surface area (Å²) in [6.07, 6.45) is 0. The fraction of sp³-hybridized carbons (Fsp3) is 0.429. The lowest BCUT2D eigenvalue weighted by molar-refractivity contribution is 0.358. The zero-order valence-electron chi connectivity index (χ0n) is 12.1. The predicted molar refractivity (Wildman–Crippen MR) is 80.7 cm³/mol. The van der Waals surface area contributed by atoms with Gasteiger partial charge in [0.05, 0.1) is 11.4 Å². The van der Waals surface area contributed by atoms with E-state index in [0.29, 0.717) is 13.1 Å². The molecule has 0 bridgehead atoms. The van der Waals surface area contributed by atoms with Crippen molar-refractivity contribution in [2.75, 3.05) is 40.8 Å². The maximum Gasteiger partial charge on any atom is 0.242 e. The third kappa shape index (κ3) is 4.62. The Labute approximate surface area is 121 Å². The van der Waals surface area contributed by atoms with Crippen LogP contribution in [-0.2, 0) is 10.0 Å². The van der Waals surface area contributed by atoms with Crippen LogP contribution in [0.1, 0.15) is 5.56 Å². The number of nitrogens with two attached hydrogens (primary N) is 1. The lowest BCUT2D eigenvalue weighted by Crippen LogP contribution is -2.33. The van der Waals surface area contributed by atoms with E-state index in [4.69, 9.17) is 5.73 Å². The number of hydrogen-bond donors (Lipinski definition) is 1. The molecule has 0 aliphatic carbocycles. The van der Waals surface area contributed by atoms with Gasteiger partial charge in [-0.15, -0.1) is 0 Å². The van der Waals surface area contributed by atoms with Gasteiger partial charge in [0.25, 0.3) is 0 Å². The number of rotatable bonds is 5. The van der Waals surface area contributed by atoms with Crippen LogP contribution in [0.25, 0.3) is 0 Å². The summed E-state index contributed by atoms with van der Waals surface area (Å²) in [5.41, 5.74) is 6.05. The Morgan fingerprint density at radius 3 is 2.20 bits per heavy atom. The Bertz CT molecular complexity index is 583. The Balaban J connectivity index is 2.87. The first-order valence-corrected chi connectivity index (χ1v) is 7.72. The van der Waals surface area contributed by atoms with E-state index in [2.05, 4.69) is 11.8 Å². The van der Waals surface area contributed by atoms with Crippen molar-refractivity contribution in [2.24, 2.45) is 5.73 Å². The van der Waals surface area contributed by atoms with Crippen molar-refractivity contribution in [1.29, 1.82) is 0 Å². The highest BCUT2D eigenvalue weighted by Gasteiger charge is 2.20. The zero-order chi connectivity index (χ0) is 15.2. The molecule has 0 aliphatic rings. The summed E-state index contributed by atoms with van der Waals surface area (Å²) in [5, 5.41) is 0. The molecule has 1 rings (SSSR count). The molecule has 2 N–H and O–H groups in total. The number of hydrogen-bond acceptors (Lipinski definition) is 4. The van der Waals surface area contributed by atoms with Crippen molar-refractivity contribution in [3.8, 4) is 11.8 Å². The molecule has 0 saturated heterocycles. The van der Waals surface area contributed by atoms with Crippen LogP contribution >= 0.6 is 0 Å². The average molecular weight is 295 g/mol. The van der Waals surface area contributed by atoms with E-state index in [1.54, 1.807) is 31.3 Å². The van der Waals surface area contributed by atoms with E-state index in [0.717, 1.165) is 5.56 Å². The minimum Gasteiger partial charge on any atom is -0.320 e. The fourth-order valence-electron chi connectivity index (χ4n) is 1.50. The summed E-state index contributed by atoms with van der Waals surface area (Å²) >= 11 is 0. The molecule has 5 nitrogen and oxygen atoms in total. The van der Waals surface area contributed by atoms with Crippen LogP contribution in [0.4, 0.5) is 0 Å². The first-order valence-electron chi connectivity index (χ1n) is 6.28. The van der Waals surface area contributed by atoms with Gasteiger partial charge in [-0.25, -0.2) is 8.42 Å². The number of likely N-dealkylation sites (N-methyl/N-ethyl adjacent to an activating group) is 2. The number of nitrogens with zero attached hydrogens (tertiary/aromatic N) is 2. The standard InChI is InChI=1S/C14H21N3O2S/c1-16(2)11-12-17(3)20(18,19)14-8-6-13(7-9-14)5-4-10-15/h6-9H,10-12,15H2,1-3H3. The van der Waals surface area contributed by atoms with Gasteiger partial charge in [-0.05, 0) is 38.4 Å². The van der Waals surface area contributed by atoms with Crippen LogP contribution in [0.3, 0.4) is 0 Å². The molecule has 110 valence electrons. The van der Waals surface area contributed by atoms with Gasteiger partial charge in [0.1, 0.15) is 0 Å². The Kier molecular flexibility index (Phi) is 6.17. The molecule has 0 unspecified atom stereocenters. The zero-order valence-corrected chi connectivity index (χ0v) is 12.9. The number of sulfonamides is 1. The molecule has 6 heteroatoms. The Morgan fingerprint density at radius 2 is 1.70 bits per heavy atom. The van der Waals surface area contributed by atoms with E-state index in [9.17, 15) is 8.42 Å². The molecule has 0 fully saturated rings. The van der Waals surface area contributed by atoms with Crippen LogP contribution in [0.15, 0.2) is 29.2 Å². The van der Waals surface area contributed by atoms with E-state index >= 15 is 0 Å². The van der Waals surface area contributed by atoms with E-state index in [-0.39, 0.29) is 11.4 Å². The first-order chi connectivity index (χ1) is 9.37. The molecule has 0 atom stereocenters. The molecule has 0 aromatic heterocycles. The van der Waals surface area contributed by atoms with Crippen LogP contribution in [0, 0.1) is 11.8 Å². The van der Waals surface area contributed by atoms with Crippen molar-refractivity contribution >= 4 is 10.0 Å². The summed E-state index contributed by atoms with van der Waals surface area (Å²) in [7, 11) is 1.96. The monoisotopic (exact) mass is 295 g/mol. The average Bonchev–Trinajstić information content (AvgIpc) is 2.42. The van der Waals surface area contributed by atoms with Crippen LogP contribution < -0.4 is 5.73 Å². The Morgan fingerprint density at radius 1 is 1.10 bits per heavy atom. The van der Waals surface area contributed by atoms with E-state index < -0.39 is 10.0 Å². The second kappa shape index (κ2) is 7.41. The van der Waals surface area contributed by atoms with E-state index in [1.807, 2.05) is 19.0 Å². The third-order valence-electron chi connectivity index (χ3n) is 2.76. The summed E-state index contributed by atoms with van der Waals surface area (Å²) in [6.45, 7) is 1.41. The van der Waals surface area contributed by atoms with E-state index in [1.165, 1.54) is 4.31 Å². The fourth-order valence-corrected chi connectivity index (χ4v) is 2.67. The highest BCUT2D eigenvalue weighted by molar-refractivity contribution is 7.89. The molecule has 1 aromatic rings. The molecular formula is C14H21N3O2S. The van der Waals surface area contributed by atoms with Crippen molar-refractivity contribution in [3.05, 3.63) is 29.8 Å². The summed E-state index contributed by atoms with van der Waals surface area (Å²) in [6, 6.07) is 6.52. The smallest absolute Gasteiger partial charge is 0.242 e. The molecule has 0 amide bonds. The maximum absolute atomic E-state index is 12.3. The quantitative estimate of drug-likeness (QED) is 0.787. The maximum atomic E-state index is 12.3. The first kappa shape index (κ1) is 16.7. The van der Waals surface area contributed by atoms with Crippen molar-refractivity contribution in [1.82, 2.24) is 9.21 Å². The van der Waals surface area contributed by atoms with Gasteiger partial charge in [-0.1, -0.05) is 11.8 Å². The molecule has 0 radical (unpaired) electrons. The lowest BCUT2D eigenvalue weighted by atomic mass is 10.2. The molecule has 0 aliphatic heterocycles. The van der Waals surface area contributed by atoms with Gasteiger partial charge < -0.3 is 10.6 Å². The lowest BCUT2D eigenvalue weighted by Gasteiger charge is -2.19. The van der Waals surface area contributed by atoms with Gasteiger partial charge in [-0.3, -0.25) is 0 Å².